The van der Waals surface area contributed by atoms with Crippen LogP contribution in [0.2, 0.25) is 0 Å². The Kier molecular flexibility index (Phi) is 4.56. The minimum absolute atomic E-state index is 0.0644. The normalized spacial score (nSPS) is 39.7. The van der Waals surface area contributed by atoms with Gasteiger partial charge in [-0.2, -0.15) is 0 Å². The molecule has 0 radical (unpaired) electrons. The quantitative estimate of drug-likeness (QED) is 0.778. The van der Waals surface area contributed by atoms with Gasteiger partial charge in [0.2, 0.25) is 11.8 Å². The fourth-order valence-electron chi connectivity index (χ4n) is 6.32. The summed E-state index contributed by atoms with van der Waals surface area (Å²) in [6.07, 6.45) is 7.76. The second kappa shape index (κ2) is 6.50. The highest BCUT2D eigenvalue weighted by Crippen LogP contribution is 2.60. The van der Waals surface area contributed by atoms with E-state index in [1.807, 2.05) is 0 Å². The first kappa shape index (κ1) is 18.3. The Labute approximate surface area is 156 Å². The summed E-state index contributed by atoms with van der Waals surface area (Å²) < 4.78 is 23.2. The lowest BCUT2D eigenvalue weighted by atomic mass is 9.49. The Bertz CT molecular complexity index is 667. The van der Waals surface area contributed by atoms with Gasteiger partial charge >= 0.3 is 0 Å². The van der Waals surface area contributed by atoms with Gasteiger partial charge in [-0.05, 0) is 62.7 Å². The first-order valence-corrected chi connectivity index (χ1v) is 11.8. The first-order valence-electron chi connectivity index (χ1n) is 10.0. The highest BCUT2D eigenvalue weighted by atomic mass is 32.2. The van der Waals surface area contributed by atoms with E-state index in [1.165, 1.54) is 19.3 Å². The third-order valence-electron chi connectivity index (χ3n) is 7.29. The maximum atomic E-state index is 12.9. The molecule has 146 valence electrons. The van der Waals surface area contributed by atoms with Gasteiger partial charge in [-0.1, -0.05) is 0 Å². The number of hydrogen-bond acceptors (Lipinski definition) is 4. The maximum Gasteiger partial charge on any atom is 0.226 e. The largest absolute Gasteiger partial charge is 0.355 e. The number of hydrogen-bond donors (Lipinski definition) is 1. The van der Waals surface area contributed by atoms with Crippen LogP contribution in [0.4, 0.5) is 0 Å². The van der Waals surface area contributed by atoms with E-state index < -0.39 is 9.84 Å². The van der Waals surface area contributed by atoms with Crippen molar-refractivity contribution in [2.45, 2.75) is 57.4 Å². The summed E-state index contributed by atoms with van der Waals surface area (Å²) in [7, 11) is -1.32. The van der Waals surface area contributed by atoms with Crippen molar-refractivity contribution in [2.24, 2.45) is 23.2 Å². The molecule has 1 unspecified atom stereocenters. The number of sulfone groups is 1. The molecule has 1 heterocycles. The molecule has 5 rings (SSSR count). The Morgan fingerprint density at radius 2 is 1.65 bits per heavy atom. The third kappa shape index (κ3) is 3.39. The molecule has 0 aromatic heterocycles. The molecule has 7 heteroatoms. The summed E-state index contributed by atoms with van der Waals surface area (Å²) in [5.41, 5.74) is -0.177. The minimum Gasteiger partial charge on any atom is -0.355 e. The van der Waals surface area contributed by atoms with Crippen LogP contribution in [0.15, 0.2) is 0 Å². The summed E-state index contributed by atoms with van der Waals surface area (Å²) in [6.45, 7) is 0.350. The van der Waals surface area contributed by atoms with Crippen molar-refractivity contribution < 1.29 is 18.0 Å². The molecule has 1 saturated heterocycles. The number of rotatable bonds is 5. The standard InChI is InChI=1S/C19H30N2O4S/c1-21(16-3-5-26(24,25)12-16)17(22)2-4-20-18(23)19-9-13-6-14(10-19)8-15(7-13)11-19/h13-16H,2-12H2,1H3,(H,20,23). The van der Waals surface area contributed by atoms with Crippen molar-refractivity contribution >= 4 is 21.7 Å². The summed E-state index contributed by atoms with van der Waals surface area (Å²) in [6, 6.07) is -0.216. The average molecular weight is 383 g/mol. The topological polar surface area (TPSA) is 83.6 Å². The van der Waals surface area contributed by atoms with E-state index in [1.54, 1.807) is 11.9 Å². The molecular weight excluding hydrogens is 352 g/mol. The monoisotopic (exact) mass is 382 g/mol. The van der Waals surface area contributed by atoms with E-state index in [0.29, 0.717) is 13.0 Å². The van der Waals surface area contributed by atoms with Crippen molar-refractivity contribution in [3.8, 4) is 0 Å². The van der Waals surface area contributed by atoms with Crippen LogP contribution >= 0.6 is 0 Å². The molecule has 5 fully saturated rings. The molecule has 6 nitrogen and oxygen atoms in total. The van der Waals surface area contributed by atoms with Crippen molar-refractivity contribution in [3.05, 3.63) is 0 Å². The third-order valence-corrected chi connectivity index (χ3v) is 9.04. The molecule has 1 aliphatic heterocycles. The summed E-state index contributed by atoms with van der Waals surface area (Å²) in [4.78, 5) is 26.8. The van der Waals surface area contributed by atoms with Gasteiger partial charge in [0.25, 0.3) is 0 Å². The van der Waals surface area contributed by atoms with Crippen LogP contribution in [0.3, 0.4) is 0 Å². The van der Waals surface area contributed by atoms with Gasteiger partial charge < -0.3 is 10.2 Å². The predicted octanol–water partition coefficient (Wildman–Crippen LogP) is 1.35. The molecule has 0 aromatic carbocycles. The minimum atomic E-state index is -3.00. The zero-order valence-electron chi connectivity index (χ0n) is 15.6. The van der Waals surface area contributed by atoms with Crippen LogP contribution in [-0.2, 0) is 19.4 Å². The molecule has 0 spiro atoms. The Balaban J connectivity index is 1.27. The smallest absolute Gasteiger partial charge is 0.226 e. The second-order valence-corrected chi connectivity index (χ2v) is 11.5. The Morgan fingerprint density at radius 3 is 2.15 bits per heavy atom. The maximum absolute atomic E-state index is 12.9. The van der Waals surface area contributed by atoms with Gasteiger partial charge in [-0.15, -0.1) is 0 Å². The Morgan fingerprint density at radius 1 is 1.08 bits per heavy atom. The summed E-state index contributed by atoms with van der Waals surface area (Å²) >= 11 is 0. The predicted molar refractivity (Wildman–Crippen MR) is 98.1 cm³/mol. The van der Waals surface area contributed by atoms with Crippen LogP contribution in [0.25, 0.3) is 0 Å². The first-order chi connectivity index (χ1) is 12.3. The van der Waals surface area contributed by atoms with Gasteiger partial charge in [-0.3, -0.25) is 9.59 Å². The van der Waals surface area contributed by atoms with Crippen molar-refractivity contribution in [1.82, 2.24) is 10.2 Å². The summed E-state index contributed by atoms with van der Waals surface area (Å²) in [5, 5.41) is 3.03. The zero-order chi connectivity index (χ0) is 18.5. The highest BCUT2D eigenvalue weighted by Gasteiger charge is 2.54. The second-order valence-electron chi connectivity index (χ2n) is 9.27. The van der Waals surface area contributed by atoms with Crippen molar-refractivity contribution in [2.75, 3.05) is 25.1 Å². The lowest BCUT2D eigenvalue weighted by Crippen LogP contribution is -2.54. The van der Waals surface area contributed by atoms with E-state index in [4.69, 9.17) is 0 Å². The van der Waals surface area contributed by atoms with Gasteiger partial charge in [0, 0.05) is 31.5 Å². The lowest BCUT2D eigenvalue weighted by molar-refractivity contribution is -0.146. The molecule has 1 atom stereocenters. The fourth-order valence-corrected chi connectivity index (χ4v) is 8.09. The lowest BCUT2D eigenvalue weighted by Gasteiger charge is -2.55. The molecule has 2 amide bonds. The molecular formula is C19H30N2O4S. The van der Waals surface area contributed by atoms with Crippen molar-refractivity contribution in [3.63, 3.8) is 0 Å². The fraction of sp³-hybridized carbons (Fsp3) is 0.895. The van der Waals surface area contributed by atoms with Crippen LogP contribution in [-0.4, -0.2) is 56.3 Å². The van der Waals surface area contributed by atoms with Gasteiger partial charge in [0.1, 0.15) is 0 Å². The molecule has 4 aliphatic carbocycles. The molecule has 5 aliphatic rings. The van der Waals surface area contributed by atoms with Crippen LogP contribution < -0.4 is 5.32 Å². The number of nitrogens with one attached hydrogen (secondary N) is 1. The molecule has 4 saturated carbocycles. The van der Waals surface area contributed by atoms with E-state index in [2.05, 4.69) is 5.32 Å². The SMILES string of the molecule is CN(C(=O)CCNC(=O)C12CC3CC(CC(C3)C1)C2)C1CCS(=O)(=O)C1. The van der Waals surface area contributed by atoms with Gasteiger partial charge in [0.15, 0.2) is 9.84 Å². The molecule has 0 aromatic rings. The zero-order valence-corrected chi connectivity index (χ0v) is 16.4. The number of nitrogens with zero attached hydrogens (tertiary/aromatic N) is 1. The number of carbonyl (C=O) groups is 2. The molecule has 4 bridgehead atoms. The van der Waals surface area contributed by atoms with E-state index in [-0.39, 0.29) is 41.2 Å². The van der Waals surface area contributed by atoms with E-state index >= 15 is 0 Å². The number of amides is 2. The van der Waals surface area contributed by atoms with E-state index in [9.17, 15) is 18.0 Å². The van der Waals surface area contributed by atoms with Crippen LogP contribution in [0, 0.1) is 23.2 Å². The average Bonchev–Trinajstić information content (AvgIpc) is 2.92. The molecule has 26 heavy (non-hydrogen) atoms. The van der Waals surface area contributed by atoms with Crippen LogP contribution in [0.5, 0.6) is 0 Å². The van der Waals surface area contributed by atoms with Gasteiger partial charge in [-0.25, -0.2) is 8.42 Å². The molecule has 1 N–H and O–H groups in total. The highest BCUT2D eigenvalue weighted by molar-refractivity contribution is 7.91. The van der Waals surface area contributed by atoms with Gasteiger partial charge in [0.05, 0.1) is 11.5 Å². The summed E-state index contributed by atoms with van der Waals surface area (Å²) in [5.74, 6) is 2.47. The number of carbonyl (C=O) groups excluding carboxylic acids is 2. The van der Waals surface area contributed by atoms with E-state index in [0.717, 1.165) is 37.0 Å². The Hall–Kier alpha value is -1.11. The van der Waals surface area contributed by atoms with Crippen molar-refractivity contribution in [1.29, 1.82) is 0 Å². The van der Waals surface area contributed by atoms with Crippen LogP contribution in [0.1, 0.15) is 51.4 Å².